The largest absolute Gasteiger partial charge is 0.417 e. The van der Waals surface area contributed by atoms with Crippen molar-refractivity contribution in [3.8, 4) is 0 Å². The minimum atomic E-state index is -5.02. The Balaban J connectivity index is 2.86. The molecule has 0 radical (unpaired) electrons. The lowest BCUT2D eigenvalue weighted by molar-refractivity contribution is -0.139. The SMILES string of the molecule is CCC1=NS(=O)(=O)c2cc(S(N)(=O)=O)c(C(F)(F)F)cc2N1. The van der Waals surface area contributed by atoms with Crippen molar-refractivity contribution in [2.45, 2.75) is 29.3 Å². The van der Waals surface area contributed by atoms with Crippen LogP contribution >= 0.6 is 0 Å². The summed E-state index contributed by atoms with van der Waals surface area (Å²) in [5.74, 6) is -0.0519. The van der Waals surface area contributed by atoms with Gasteiger partial charge in [0.2, 0.25) is 10.0 Å². The van der Waals surface area contributed by atoms with Gasteiger partial charge in [0.1, 0.15) is 10.7 Å². The number of hydrogen-bond acceptors (Lipinski definition) is 5. The number of rotatable bonds is 2. The molecule has 0 aliphatic carbocycles. The maximum absolute atomic E-state index is 13.0. The summed E-state index contributed by atoms with van der Waals surface area (Å²) in [6.07, 6.45) is -4.89. The van der Waals surface area contributed by atoms with E-state index in [1.165, 1.54) is 0 Å². The van der Waals surface area contributed by atoms with E-state index in [0.29, 0.717) is 12.1 Å². The number of alkyl halides is 3. The van der Waals surface area contributed by atoms with Gasteiger partial charge in [-0.3, -0.25) is 0 Å². The molecule has 0 saturated carbocycles. The normalized spacial score (nSPS) is 17.4. The average Bonchev–Trinajstić information content (AvgIpc) is 2.34. The minimum absolute atomic E-state index is 0.0519. The van der Waals surface area contributed by atoms with Gasteiger partial charge in [0.25, 0.3) is 10.0 Å². The van der Waals surface area contributed by atoms with Gasteiger partial charge < -0.3 is 5.32 Å². The minimum Gasteiger partial charge on any atom is -0.342 e. The molecule has 1 aliphatic rings. The number of sulfonamides is 2. The van der Waals surface area contributed by atoms with E-state index in [4.69, 9.17) is 5.14 Å². The van der Waals surface area contributed by atoms with Crippen molar-refractivity contribution in [3.63, 3.8) is 0 Å². The monoisotopic (exact) mass is 357 g/mol. The number of amidine groups is 1. The number of primary sulfonamides is 1. The Bertz CT molecular complexity index is 873. The van der Waals surface area contributed by atoms with E-state index in [9.17, 15) is 30.0 Å². The molecule has 122 valence electrons. The van der Waals surface area contributed by atoms with Gasteiger partial charge in [-0.2, -0.15) is 21.6 Å². The van der Waals surface area contributed by atoms with E-state index in [1.807, 2.05) is 0 Å². The molecule has 22 heavy (non-hydrogen) atoms. The molecule has 3 N–H and O–H groups in total. The van der Waals surface area contributed by atoms with Gasteiger partial charge in [-0.25, -0.2) is 13.6 Å². The number of fused-ring (bicyclic) bond motifs is 1. The third kappa shape index (κ3) is 2.94. The second-order valence-electron chi connectivity index (χ2n) is 4.38. The molecule has 1 aromatic rings. The molecular weight excluding hydrogens is 347 g/mol. The van der Waals surface area contributed by atoms with Crippen LogP contribution in [-0.2, 0) is 26.2 Å². The van der Waals surface area contributed by atoms with Crippen molar-refractivity contribution < 1.29 is 30.0 Å². The number of nitrogens with two attached hydrogens (primary N) is 1. The lowest BCUT2D eigenvalue weighted by Crippen LogP contribution is -2.24. The zero-order chi connectivity index (χ0) is 16.9. The maximum Gasteiger partial charge on any atom is 0.417 e. The summed E-state index contributed by atoms with van der Waals surface area (Å²) in [7, 11) is -9.09. The summed E-state index contributed by atoms with van der Waals surface area (Å²) in [5.41, 5.74) is -1.94. The summed E-state index contributed by atoms with van der Waals surface area (Å²) in [5, 5.41) is 7.18. The van der Waals surface area contributed by atoms with Crippen LogP contribution in [0.5, 0.6) is 0 Å². The predicted molar refractivity (Wildman–Crippen MR) is 71.4 cm³/mol. The molecule has 0 amide bonds. The number of hydrogen-bond donors (Lipinski definition) is 2. The maximum atomic E-state index is 13.0. The molecule has 1 aromatic carbocycles. The first-order valence-corrected chi connectivity index (χ1v) is 8.74. The first-order valence-electron chi connectivity index (χ1n) is 5.75. The van der Waals surface area contributed by atoms with Crippen LogP contribution in [0, 0.1) is 0 Å². The van der Waals surface area contributed by atoms with E-state index < -0.39 is 47.3 Å². The number of anilines is 1. The van der Waals surface area contributed by atoms with Gasteiger partial charge in [-0.1, -0.05) is 6.92 Å². The zero-order valence-electron chi connectivity index (χ0n) is 11.0. The van der Waals surface area contributed by atoms with Gasteiger partial charge in [0, 0.05) is 6.42 Å². The summed E-state index contributed by atoms with van der Waals surface area (Å²) >= 11 is 0. The van der Waals surface area contributed by atoms with Crippen molar-refractivity contribution in [2.75, 3.05) is 5.32 Å². The highest BCUT2D eigenvalue weighted by Crippen LogP contribution is 2.39. The van der Waals surface area contributed by atoms with Gasteiger partial charge in [0.15, 0.2) is 0 Å². The topological polar surface area (TPSA) is 119 Å². The fourth-order valence-corrected chi connectivity index (χ4v) is 3.91. The van der Waals surface area contributed by atoms with Crippen molar-refractivity contribution in [1.29, 1.82) is 0 Å². The summed E-state index contributed by atoms with van der Waals surface area (Å²) in [6.45, 7) is 1.55. The molecule has 0 saturated heterocycles. The van der Waals surface area contributed by atoms with Crippen LogP contribution in [0.25, 0.3) is 0 Å². The number of benzene rings is 1. The Labute approximate surface area is 124 Å². The first kappa shape index (κ1) is 16.7. The van der Waals surface area contributed by atoms with E-state index in [1.54, 1.807) is 6.92 Å². The third-order valence-electron chi connectivity index (χ3n) is 2.82. The molecule has 0 fully saturated rings. The average molecular weight is 357 g/mol. The van der Waals surface area contributed by atoms with Crippen molar-refractivity contribution in [2.24, 2.45) is 9.54 Å². The molecule has 2 rings (SSSR count). The Hall–Kier alpha value is -1.66. The van der Waals surface area contributed by atoms with E-state index >= 15 is 0 Å². The second kappa shape index (κ2) is 4.93. The van der Waals surface area contributed by atoms with Crippen molar-refractivity contribution in [1.82, 2.24) is 0 Å². The smallest absolute Gasteiger partial charge is 0.342 e. The number of halogens is 3. The molecular formula is C10H10F3N3O4S2. The molecule has 12 heteroatoms. The molecule has 1 heterocycles. The number of nitrogens with zero attached hydrogens (tertiary/aromatic N) is 1. The molecule has 0 bridgehead atoms. The molecule has 0 aromatic heterocycles. The molecule has 0 unspecified atom stereocenters. The van der Waals surface area contributed by atoms with Gasteiger partial charge >= 0.3 is 6.18 Å². The van der Waals surface area contributed by atoms with E-state index in [-0.39, 0.29) is 12.3 Å². The molecule has 0 atom stereocenters. The first-order chi connectivity index (χ1) is 9.86. The third-order valence-corrected chi connectivity index (χ3v) is 5.12. The van der Waals surface area contributed by atoms with Crippen LogP contribution in [-0.4, -0.2) is 22.7 Å². The predicted octanol–water partition coefficient (Wildman–Crippen LogP) is 1.28. The van der Waals surface area contributed by atoms with Crippen molar-refractivity contribution in [3.05, 3.63) is 17.7 Å². The molecule has 1 aliphatic heterocycles. The van der Waals surface area contributed by atoms with Crippen LogP contribution in [0.4, 0.5) is 18.9 Å². The highest BCUT2D eigenvalue weighted by atomic mass is 32.2. The van der Waals surface area contributed by atoms with E-state index in [2.05, 4.69) is 9.71 Å². The Morgan fingerprint density at radius 3 is 2.36 bits per heavy atom. The van der Waals surface area contributed by atoms with Crippen LogP contribution < -0.4 is 10.5 Å². The fourth-order valence-electron chi connectivity index (χ4n) is 1.85. The summed E-state index contributed by atoms with van der Waals surface area (Å²) in [4.78, 5) is -2.00. The Morgan fingerprint density at radius 1 is 1.32 bits per heavy atom. The lowest BCUT2D eigenvalue weighted by Gasteiger charge is -2.20. The quantitative estimate of drug-likeness (QED) is 0.826. The highest BCUT2D eigenvalue weighted by Gasteiger charge is 2.39. The molecule has 0 spiro atoms. The van der Waals surface area contributed by atoms with Gasteiger partial charge in [-0.05, 0) is 12.1 Å². The lowest BCUT2D eigenvalue weighted by atomic mass is 10.2. The summed E-state index contributed by atoms with van der Waals surface area (Å²) in [6, 6.07) is 0.767. The zero-order valence-corrected chi connectivity index (χ0v) is 12.6. The highest BCUT2D eigenvalue weighted by molar-refractivity contribution is 7.91. The van der Waals surface area contributed by atoms with Gasteiger partial charge in [-0.15, -0.1) is 4.40 Å². The van der Waals surface area contributed by atoms with Crippen LogP contribution in [0.15, 0.2) is 26.3 Å². The van der Waals surface area contributed by atoms with Crippen LogP contribution in [0.3, 0.4) is 0 Å². The standard InChI is InChI=1S/C10H10F3N3O4S2/c1-2-9-15-6-3-5(10(11,12)13)7(21(14,17)18)4-8(6)22(19,20)16-9/h3-4H,2H2,1H3,(H,15,16)(H2,14,17,18). The van der Waals surface area contributed by atoms with E-state index in [0.717, 1.165) is 0 Å². The Morgan fingerprint density at radius 2 is 1.91 bits per heavy atom. The summed E-state index contributed by atoms with van der Waals surface area (Å²) < 4.78 is 88.9. The van der Waals surface area contributed by atoms with Gasteiger partial charge in [0.05, 0.1) is 16.1 Å². The number of nitrogens with one attached hydrogen (secondary N) is 1. The van der Waals surface area contributed by atoms with Crippen LogP contribution in [0.2, 0.25) is 0 Å². The van der Waals surface area contributed by atoms with Crippen molar-refractivity contribution >= 4 is 31.6 Å². The second-order valence-corrected chi connectivity index (χ2v) is 7.48. The fraction of sp³-hybridized carbons (Fsp3) is 0.300. The molecule has 7 nitrogen and oxygen atoms in total. The Kier molecular flexibility index (Phi) is 3.74. The van der Waals surface area contributed by atoms with Crippen LogP contribution in [0.1, 0.15) is 18.9 Å².